The lowest BCUT2D eigenvalue weighted by atomic mass is 10.0. The third-order valence-electron chi connectivity index (χ3n) is 3.44. The van der Waals surface area contributed by atoms with Gasteiger partial charge in [0.05, 0.1) is 12.2 Å². The molecule has 1 aliphatic rings. The van der Waals surface area contributed by atoms with Crippen LogP contribution in [0.15, 0.2) is 42.5 Å². The van der Waals surface area contributed by atoms with Gasteiger partial charge in [-0.3, -0.25) is 0 Å². The van der Waals surface area contributed by atoms with Gasteiger partial charge in [-0.2, -0.15) is 0 Å². The standard InChI is InChI=1S/C17H16F2O2/c18-13-7-11(8-14(19)10-13)9-17(20)12-1-3-15(4-2-12)21-16-5-6-16/h1-4,7-8,10,16-17,20H,5-6,9H2. The van der Waals surface area contributed by atoms with Crippen LogP contribution in [0.2, 0.25) is 0 Å². The van der Waals surface area contributed by atoms with Crippen molar-refractivity contribution in [2.45, 2.75) is 31.5 Å². The fourth-order valence-electron chi connectivity index (χ4n) is 2.22. The second-order valence-corrected chi connectivity index (χ2v) is 5.38. The first-order valence-corrected chi connectivity index (χ1v) is 7.00. The molecule has 0 aliphatic heterocycles. The Morgan fingerprint density at radius 2 is 1.67 bits per heavy atom. The molecular formula is C17H16F2O2. The lowest BCUT2D eigenvalue weighted by molar-refractivity contribution is 0.178. The van der Waals surface area contributed by atoms with Crippen molar-refractivity contribution in [2.75, 3.05) is 0 Å². The first-order valence-electron chi connectivity index (χ1n) is 7.00. The molecule has 2 aromatic rings. The maximum absolute atomic E-state index is 13.1. The summed E-state index contributed by atoms with van der Waals surface area (Å²) in [5.41, 5.74) is 1.13. The Bertz CT molecular complexity index is 601. The van der Waals surface area contributed by atoms with Crippen LogP contribution >= 0.6 is 0 Å². The summed E-state index contributed by atoms with van der Waals surface area (Å²) in [7, 11) is 0. The van der Waals surface area contributed by atoms with Crippen molar-refractivity contribution in [3.05, 3.63) is 65.2 Å². The number of ether oxygens (including phenoxy) is 1. The number of benzene rings is 2. The van der Waals surface area contributed by atoms with Gasteiger partial charge >= 0.3 is 0 Å². The molecule has 2 nitrogen and oxygen atoms in total. The van der Waals surface area contributed by atoms with Crippen LogP contribution in [-0.2, 0) is 6.42 Å². The van der Waals surface area contributed by atoms with E-state index in [1.165, 1.54) is 12.1 Å². The molecule has 0 heterocycles. The van der Waals surface area contributed by atoms with Crippen LogP contribution in [0, 0.1) is 11.6 Å². The van der Waals surface area contributed by atoms with Gasteiger partial charge in [-0.1, -0.05) is 12.1 Å². The van der Waals surface area contributed by atoms with Crippen LogP contribution in [0.5, 0.6) is 5.75 Å². The Balaban J connectivity index is 1.67. The van der Waals surface area contributed by atoms with Gasteiger partial charge in [0.2, 0.25) is 0 Å². The fourth-order valence-corrected chi connectivity index (χ4v) is 2.22. The molecule has 2 aromatic carbocycles. The smallest absolute Gasteiger partial charge is 0.126 e. The molecule has 0 radical (unpaired) electrons. The quantitative estimate of drug-likeness (QED) is 0.908. The number of aliphatic hydroxyl groups is 1. The zero-order valence-corrected chi connectivity index (χ0v) is 11.4. The molecule has 1 saturated carbocycles. The van der Waals surface area contributed by atoms with Crippen molar-refractivity contribution in [3.63, 3.8) is 0 Å². The van der Waals surface area contributed by atoms with E-state index >= 15 is 0 Å². The molecule has 1 N–H and O–H groups in total. The predicted molar refractivity (Wildman–Crippen MR) is 75.1 cm³/mol. The van der Waals surface area contributed by atoms with Crippen LogP contribution < -0.4 is 4.74 Å². The zero-order valence-electron chi connectivity index (χ0n) is 11.4. The normalized spacial score (nSPS) is 15.8. The number of aliphatic hydroxyl groups excluding tert-OH is 1. The largest absolute Gasteiger partial charge is 0.490 e. The molecule has 0 aromatic heterocycles. The Morgan fingerprint density at radius 1 is 1.05 bits per heavy atom. The molecular weight excluding hydrogens is 274 g/mol. The van der Waals surface area contributed by atoms with Crippen molar-refractivity contribution in [3.8, 4) is 5.75 Å². The van der Waals surface area contributed by atoms with Gasteiger partial charge in [0.1, 0.15) is 17.4 Å². The van der Waals surface area contributed by atoms with Crippen molar-refractivity contribution < 1.29 is 18.6 Å². The number of rotatable bonds is 5. The average molecular weight is 290 g/mol. The maximum Gasteiger partial charge on any atom is 0.126 e. The summed E-state index contributed by atoms with van der Waals surface area (Å²) >= 11 is 0. The zero-order chi connectivity index (χ0) is 14.8. The molecule has 3 rings (SSSR count). The summed E-state index contributed by atoms with van der Waals surface area (Å²) in [6, 6.07) is 10.5. The van der Waals surface area contributed by atoms with Crippen LogP contribution in [0.3, 0.4) is 0 Å². The number of hydrogen-bond donors (Lipinski definition) is 1. The van der Waals surface area contributed by atoms with Crippen molar-refractivity contribution in [2.24, 2.45) is 0 Å². The summed E-state index contributed by atoms with van der Waals surface area (Å²) < 4.78 is 31.9. The number of halogens is 2. The van der Waals surface area contributed by atoms with E-state index in [0.717, 1.165) is 24.7 Å². The average Bonchev–Trinajstić information content (AvgIpc) is 3.22. The van der Waals surface area contributed by atoms with Gasteiger partial charge in [-0.25, -0.2) is 8.78 Å². The highest BCUT2D eigenvalue weighted by atomic mass is 19.1. The van der Waals surface area contributed by atoms with Gasteiger partial charge in [0, 0.05) is 12.5 Å². The van der Waals surface area contributed by atoms with Gasteiger partial charge in [0.25, 0.3) is 0 Å². The van der Waals surface area contributed by atoms with Crippen LogP contribution in [0.25, 0.3) is 0 Å². The van der Waals surface area contributed by atoms with Crippen molar-refractivity contribution >= 4 is 0 Å². The maximum atomic E-state index is 13.1. The molecule has 4 heteroatoms. The Morgan fingerprint density at radius 3 is 2.24 bits per heavy atom. The summed E-state index contributed by atoms with van der Waals surface area (Å²) in [6.45, 7) is 0. The highest BCUT2D eigenvalue weighted by Crippen LogP contribution is 2.28. The molecule has 1 unspecified atom stereocenters. The molecule has 1 atom stereocenters. The van der Waals surface area contributed by atoms with E-state index in [0.29, 0.717) is 17.2 Å². The molecule has 1 aliphatic carbocycles. The van der Waals surface area contributed by atoms with Crippen LogP contribution in [0.1, 0.15) is 30.1 Å². The second kappa shape index (κ2) is 5.82. The molecule has 0 spiro atoms. The number of hydrogen-bond acceptors (Lipinski definition) is 2. The van der Waals surface area contributed by atoms with E-state index in [1.807, 2.05) is 12.1 Å². The molecule has 0 amide bonds. The summed E-state index contributed by atoms with van der Waals surface area (Å²) in [5, 5.41) is 10.2. The highest BCUT2D eigenvalue weighted by Gasteiger charge is 2.23. The van der Waals surface area contributed by atoms with E-state index in [9.17, 15) is 13.9 Å². The molecule has 110 valence electrons. The minimum absolute atomic E-state index is 0.164. The van der Waals surface area contributed by atoms with E-state index in [1.54, 1.807) is 12.1 Å². The van der Waals surface area contributed by atoms with E-state index in [-0.39, 0.29) is 6.42 Å². The molecule has 21 heavy (non-hydrogen) atoms. The monoisotopic (exact) mass is 290 g/mol. The SMILES string of the molecule is OC(Cc1cc(F)cc(F)c1)c1ccc(OC2CC2)cc1. The minimum Gasteiger partial charge on any atom is -0.490 e. The minimum atomic E-state index is -0.804. The van der Waals surface area contributed by atoms with Crippen LogP contribution in [-0.4, -0.2) is 11.2 Å². The fraction of sp³-hybridized carbons (Fsp3) is 0.294. The lowest BCUT2D eigenvalue weighted by Gasteiger charge is -2.12. The molecule has 1 fully saturated rings. The second-order valence-electron chi connectivity index (χ2n) is 5.38. The van der Waals surface area contributed by atoms with E-state index in [2.05, 4.69) is 0 Å². The first kappa shape index (κ1) is 14.0. The van der Waals surface area contributed by atoms with E-state index < -0.39 is 17.7 Å². The van der Waals surface area contributed by atoms with E-state index in [4.69, 9.17) is 4.74 Å². The third-order valence-corrected chi connectivity index (χ3v) is 3.44. The Labute approximate surface area is 122 Å². The Hall–Kier alpha value is -1.94. The molecule has 0 bridgehead atoms. The Kier molecular flexibility index (Phi) is 3.88. The third kappa shape index (κ3) is 3.79. The van der Waals surface area contributed by atoms with Gasteiger partial charge in [-0.15, -0.1) is 0 Å². The lowest BCUT2D eigenvalue weighted by Crippen LogP contribution is -2.03. The van der Waals surface area contributed by atoms with Crippen molar-refractivity contribution in [1.82, 2.24) is 0 Å². The molecule has 0 saturated heterocycles. The van der Waals surface area contributed by atoms with Crippen molar-refractivity contribution in [1.29, 1.82) is 0 Å². The van der Waals surface area contributed by atoms with Gasteiger partial charge < -0.3 is 9.84 Å². The predicted octanol–water partition coefficient (Wildman–Crippen LogP) is 3.78. The topological polar surface area (TPSA) is 29.5 Å². The first-order chi connectivity index (χ1) is 10.1. The van der Waals surface area contributed by atoms with Gasteiger partial charge in [0.15, 0.2) is 0 Å². The summed E-state index contributed by atoms with van der Waals surface area (Å²) in [4.78, 5) is 0. The highest BCUT2D eigenvalue weighted by molar-refractivity contribution is 5.30. The van der Waals surface area contributed by atoms with Crippen LogP contribution in [0.4, 0.5) is 8.78 Å². The van der Waals surface area contributed by atoms with Gasteiger partial charge in [-0.05, 0) is 48.2 Å². The summed E-state index contributed by atoms with van der Waals surface area (Å²) in [6.07, 6.45) is 1.87. The summed E-state index contributed by atoms with van der Waals surface area (Å²) in [5.74, 6) is -0.485.